The number of benzene rings is 1. The van der Waals surface area contributed by atoms with Gasteiger partial charge in [0.1, 0.15) is 11.6 Å². The molecule has 2 atom stereocenters. The van der Waals surface area contributed by atoms with E-state index in [1.165, 1.54) is 12.1 Å². The van der Waals surface area contributed by atoms with Gasteiger partial charge in [0.2, 0.25) is 0 Å². The van der Waals surface area contributed by atoms with Gasteiger partial charge in [-0.1, -0.05) is 0 Å². The summed E-state index contributed by atoms with van der Waals surface area (Å²) >= 11 is 3.01. The lowest BCUT2D eigenvalue weighted by Gasteiger charge is -2.26. The first kappa shape index (κ1) is 15.3. The molecule has 1 heterocycles. The molecule has 0 spiro atoms. The van der Waals surface area contributed by atoms with Crippen LogP contribution < -0.4 is 0 Å². The first-order chi connectivity index (χ1) is 9.41. The smallest absolute Gasteiger partial charge is 0.310 e. The predicted octanol–water partition coefficient (Wildman–Crippen LogP) is 2.26. The van der Waals surface area contributed by atoms with Gasteiger partial charge >= 0.3 is 5.97 Å². The molecule has 1 fully saturated rings. The Labute approximate surface area is 123 Å². The molecule has 0 bridgehead atoms. The second kappa shape index (κ2) is 6.15. The van der Waals surface area contributed by atoms with Crippen LogP contribution in [0.4, 0.5) is 8.78 Å². The third-order valence-corrected chi connectivity index (χ3v) is 4.09. The van der Waals surface area contributed by atoms with Gasteiger partial charge in [0.25, 0.3) is 0 Å². The monoisotopic (exact) mass is 349 g/mol. The van der Waals surface area contributed by atoms with Crippen molar-refractivity contribution in [2.24, 2.45) is 5.92 Å². The van der Waals surface area contributed by atoms with Crippen LogP contribution in [0, 0.1) is 17.6 Å². The van der Waals surface area contributed by atoms with Gasteiger partial charge in [-0.2, -0.15) is 0 Å². The maximum atomic E-state index is 13.9. The van der Waals surface area contributed by atoms with E-state index in [9.17, 15) is 13.6 Å². The molecule has 0 aromatic heterocycles. The third kappa shape index (κ3) is 2.99. The molecule has 2 rings (SSSR count). The topological polar surface area (TPSA) is 49.8 Å². The zero-order valence-electron chi connectivity index (χ0n) is 10.8. The molecule has 1 aliphatic rings. The quantitative estimate of drug-likeness (QED) is 0.847. The number of rotatable bonds is 4. The van der Waals surface area contributed by atoms with Crippen LogP contribution in [0.3, 0.4) is 0 Å². The summed E-state index contributed by atoms with van der Waals surface area (Å²) in [7, 11) is 1.63. The highest BCUT2D eigenvalue weighted by molar-refractivity contribution is 9.10. The van der Waals surface area contributed by atoms with Crippen LogP contribution in [-0.4, -0.2) is 42.3 Å². The molecule has 1 aromatic rings. The van der Waals surface area contributed by atoms with Gasteiger partial charge in [-0.25, -0.2) is 8.78 Å². The second-order valence-corrected chi connectivity index (χ2v) is 5.64. The van der Waals surface area contributed by atoms with Crippen molar-refractivity contribution in [1.82, 2.24) is 4.90 Å². The molecule has 1 aliphatic heterocycles. The Morgan fingerprint density at radius 2 is 2.20 bits per heavy atom. The van der Waals surface area contributed by atoms with Gasteiger partial charge in [0.05, 0.1) is 23.6 Å². The minimum Gasteiger partial charge on any atom is -0.481 e. The molecule has 0 aliphatic carbocycles. The van der Waals surface area contributed by atoms with Gasteiger partial charge in [-0.15, -0.1) is 0 Å². The van der Waals surface area contributed by atoms with Crippen LogP contribution >= 0.6 is 15.9 Å². The lowest BCUT2D eigenvalue weighted by atomic mass is 10.0. The standard InChI is InChI=1S/C13H14BrF2NO3/c1-17(11-6-20-5-8(11)13(18)19)4-7-10(15)3-2-9(14)12(7)16/h2-3,8,11H,4-6H2,1H3,(H,18,19). The van der Waals surface area contributed by atoms with E-state index in [4.69, 9.17) is 9.84 Å². The normalized spacial score (nSPS) is 22.4. The van der Waals surface area contributed by atoms with E-state index >= 15 is 0 Å². The van der Waals surface area contributed by atoms with E-state index in [0.717, 1.165) is 0 Å². The van der Waals surface area contributed by atoms with E-state index in [2.05, 4.69) is 15.9 Å². The summed E-state index contributed by atoms with van der Waals surface area (Å²) < 4.78 is 32.9. The molecule has 20 heavy (non-hydrogen) atoms. The number of carboxylic acids is 1. The van der Waals surface area contributed by atoms with E-state index in [0.29, 0.717) is 0 Å². The van der Waals surface area contributed by atoms with Gasteiger partial charge in [-0.05, 0) is 35.1 Å². The Kier molecular flexibility index (Phi) is 4.72. The Balaban J connectivity index is 2.18. The molecule has 0 saturated carbocycles. The first-order valence-corrected chi connectivity index (χ1v) is 6.84. The van der Waals surface area contributed by atoms with Crippen LogP contribution in [0.5, 0.6) is 0 Å². The summed E-state index contributed by atoms with van der Waals surface area (Å²) in [6, 6.07) is 2.08. The summed E-state index contributed by atoms with van der Waals surface area (Å²) in [6.07, 6.45) is 0. The molecule has 7 heteroatoms. The molecule has 0 amide bonds. The van der Waals surface area contributed by atoms with Crippen LogP contribution in [-0.2, 0) is 16.1 Å². The van der Waals surface area contributed by atoms with Crippen molar-refractivity contribution in [2.75, 3.05) is 20.3 Å². The van der Waals surface area contributed by atoms with Crippen molar-refractivity contribution >= 4 is 21.9 Å². The fraction of sp³-hybridized carbons (Fsp3) is 0.462. The van der Waals surface area contributed by atoms with Gasteiger partial charge in [-0.3, -0.25) is 9.69 Å². The molecule has 1 saturated heterocycles. The number of hydrogen-bond acceptors (Lipinski definition) is 3. The molecule has 1 N–H and O–H groups in total. The fourth-order valence-electron chi connectivity index (χ4n) is 2.29. The predicted molar refractivity (Wildman–Crippen MR) is 71.3 cm³/mol. The largest absolute Gasteiger partial charge is 0.481 e. The maximum Gasteiger partial charge on any atom is 0.310 e. The lowest BCUT2D eigenvalue weighted by molar-refractivity contribution is -0.143. The fourth-order valence-corrected chi connectivity index (χ4v) is 2.67. The highest BCUT2D eigenvalue weighted by atomic mass is 79.9. The van der Waals surface area contributed by atoms with Crippen molar-refractivity contribution < 1.29 is 23.4 Å². The van der Waals surface area contributed by atoms with E-state index in [1.807, 2.05) is 0 Å². The molecule has 4 nitrogen and oxygen atoms in total. The van der Waals surface area contributed by atoms with Crippen LogP contribution in [0.15, 0.2) is 16.6 Å². The van der Waals surface area contributed by atoms with E-state index < -0.39 is 29.6 Å². The molecule has 2 unspecified atom stereocenters. The molecule has 1 aromatic carbocycles. The Morgan fingerprint density at radius 3 is 2.85 bits per heavy atom. The highest BCUT2D eigenvalue weighted by Gasteiger charge is 2.37. The minimum absolute atomic E-state index is 0.0189. The summed E-state index contributed by atoms with van der Waals surface area (Å²) in [6.45, 7) is 0.341. The molecule has 110 valence electrons. The number of carboxylic acid groups (broad SMARTS) is 1. The van der Waals surface area contributed by atoms with Gasteiger partial charge in [0, 0.05) is 18.2 Å². The number of ether oxygens (including phenoxy) is 1. The number of carbonyl (C=O) groups is 1. The third-order valence-electron chi connectivity index (χ3n) is 3.48. The Morgan fingerprint density at radius 1 is 1.50 bits per heavy atom. The number of nitrogens with zero attached hydrogens (tertiary/aromatic N) is 1. The summed E-state index contributed by atoms with van der Waals surface area (Å²) in [4.78, 5) is 12.7. The van der Waals surface area contributed by atoms with Crippen molar-refractivity contribution in [3.8, 4) is 0 Å². The summed E-state index contributed by atoms with van der Waals surface area (Å²) in [5, 5.41) is 9.09. The van der Waals surface area contributed by atoms with Crippen LogP contribution in [0.25, 0.3) is 0 Å². The minimum atomic E-state index is -0.963. The van der Waals surface area contributed by atoms with Crippen LogP contribution in [0.1, 0.15) is 5.56 Å². The van der Waals surface area contributed by atoms with E-state index in [-0.39, 0.29) is 29.8 Å². The SMILES string of the molecule is CN(Cc1c(F)ccc(Br)c1F)C1COCC1C(=O)O. The van der Waals surface area contributed by atoms with Crippen molar-refractivity contribution in [3.05, 3.63) is 33.8 Å². The number of likely N-dealkylation sites (N-methyl/N-ethyl adjacent to an activating group) is 1. The van der Waals surface area contributed by atoms with Gasteiger partial charge < -0.3 is 9.84 Å². The molecule has 0 radical (unpaired) electrons. The molecular formula is C13H14BrF2NO3. The summed E-state index contributed by atoms with van der Waals surface area (Å²) in [5.74, 6) is -2.96. The Bertz CT molecular complexity index is 527. The lowest BCUT2D eigenvalue weighted by Crippen LogP contribution is -2.40. The number of halogens is 3. The Hall–Kier alpha value is -1.05. The molecular weight excluding hydrogens is 336 g/mol. The zero-order valence-corrected chi connectivity index (χ0v) is 12.4. The van der Waals surface area contributed by atoms with Gasteiger partial charge in [0.15, 0.2) is 0 Å². The van der Waals surface area contributed by atoms with Crippen molar-refractivity contribution in [1.29, 1.82) is 0 Å². The van der Waals surface area contributed by atoms with E-state index in [1.54, 1.807) is 11.9 Å². The van der Waals surface area contributed by atoms with Crippen molar-refractivity contribution in [3.63, 3.8) is 0 Å². The summed E-state index contributed by atoms with van der Waals surface area (Å²) in [5.41, 5.74) is -0.0853. The van der Waals surface area contributed by atoms with Crippen molar-refractivity contribution in [2.45, 2.75) is 12.6 Å². The highest BCUT2D eigenvalue weighted by Crippen LogP contribution is 2.25. The second-order valence-electron chi connectivity index (χ2n) is 4.79. The average Bonchev–Trinajstić information content (AvgIpc) is 2.88. The number of aliphatic carboxylic acids is 1. The first-order valence-electron chi connectivity index (χ1n) is 6.05. The average molecular weight is 350 g/mol. The van der Waals surface area contributed by atoms with Crippen LogP contribution in [0.2, 0.25) is 0 Å². The zero-order chi connectivity index (χ0) is 14.9. The number of hydrogen-bond donors (Lipinski definition) is 1. The maximum absolute atomic E-state index is 13.9.